The van der Waals surface area contributed by atoms with Crippen LogP contribution >= 0.6 is 11.8 Å². The van der Waals surface area contributed by atoms with E-state index in [9.17, 15) is 5.11 Å². The van der Waals surface area contributed by atoms with E-state index in [1.54, 1.807) is 0 Å². The minimum absolute atomic E-state index is 0.0196. The lowest BCUT2D eigenvalue weighted by Crippen LogP contribution is -2.26. The van der Waals surface area contributed by atoms with Crippen LogP contribution in [0.4, 0.5) is 0 Å². The second-order valence-corrected chi connectivity index (χ2v) is 7.28. The van der Waals surface area contributed by atoms with Crippen LogP contribution in [-0.2, 0) is 0 Å². The SMILES string of the molecule is CC1(C(O)c2ccc(-c3ccccc3)cc2)CCCS1. The molecular weight excluding hydrogens is 264 g/mol. The number of rotatable bonds is 3. The monoisotopic (exact) mass is 284 g/mol. The van der Waals surface area contributed by atoms with Crippen LogP contribution in [0.3, 0.4) is 0 Å². The molecule has 20 heavy (non-hydrogen) atoms. The van der Waals surface area contributed by atoms with Gasteiger partial charge in [-0.15, -0.1) is 0 Å². The van der Waals surface area contributed by atoms with E-state index in [4.69, 9.17) is 0 Å². The summed E-state index contributed by atoms with van der Waals surface area (Å²) < 4.78 is -0.0196. The molecule has 3 rings (SSSR count). The van der Waals surface area contributed by atoms with Crippen LogP contribution in [0.15, 0.2) is 54.6 Å². The standard InChI is InChI=1S/C18H20OS/c1-18(12-5-13-20-18)17(19)16-10-8-15(9-11-16)14-6-3-2-4-7-14/h2-4,6-11,17,19H,5,12-13H2,1H3. The van der Waals surface area contributed by atoms with Crippen LogP contribution in [0, 0.1) is 0 Å². The van der Waals surface area contributed by atoms with E-state index < -0.39 is 0 Å². The normalized spacial score (nSPS) is 23.7. The second kappa shape index (κ2) is 5.63. The van der Waals surface area contributed by atoms with Gasteiger partial charge in [-0.3, -0.25) is 0 Å². The number of hydrogen-bond acceptors (Lipinski definition) is 2. The second-order valence-electron chi connectivity index (χ2n) is 5.66. The lowest BCUT2D eigenvalue weighted by Gasteiger charge is -2.29. The molecule has 0 spiro atoms. The zero-order valence-electron chi connectivity index (χ0n) is 11.8. The van der Waals surface area contributed by atoms with Crippen molar-refractivity contribution in [3.8, 4) is 11.1 Å². The summed E-state index contributed by atoms with van der Waals surface area (Å²) in [5.74, 6) is 1.16. The van der Waals surface area contributed by atoms with Gasteiger partial charge < -0.3 is 5.11 Å². The van der Waals surface area contributed by atoms with Crippen LogP contribution in [0.25, 0.3) is 11.1 Å². The molecule has 1 N–H and O–H groups in total. The van der Waals surface area contributed by atoms with E-state index in [1.807, 2.05) is 30.0 Å². The maximum atomic E-state index is 10.6. The summed E-state index contributed by atoms with van der Waals surface area (Å²) in [5, 5.41) is 10.6. The minimum Gasteiger partial charge on any atom is -0.387 e. The molecule has 1 heterocycles. The molecule has 1 saturated heterocycles. The van der Waals surface area contributed by atoms with Crippen LogP contribution in [0.1, 0.15) is 31.4 Å². The fraction of sp³-hybridized carbons (Fsp3) is 0.333. The largest absolute Gasteiger partial charge is 0.387 e. The van der Waals surface area contributed by atoms with Crippen LogP contribution in [0.5, 0.6) is 0 Å². The minimum atomic E-state index is -0.375. The van der Waals surface area contributed by atoms with Gasteiger partial charge in [-0.2, -0.15) is 11.8 Å². The molecule has 2 unspecified atom stereocenters. The zero-order chi connectivity index (χ0) is 14.0. The fourth-order valence-corrected chi connectivity index (χ4v) is 4.19. The van der Waals surface area contributed by atoms with E-state index in [0.717, 1.165) is 17.7 Å². The quantitative estimate of drug-likeness (QED) is 0.883. The van der Waals surface area contributed by atoms with Gasteiger partial charge in [-0.25, -0.2) is 0 Å². The van der Waals surface area contributed by atoms with Gasteiger partial charge in [0.15, 0.2) is 0 Å². The molecule has 0 radical (unpaired) electrons. The van der Waals surface area contributed by atoms with E-state index in [2.05, 4.69) is 43.3 Å². The third-order valence-corrected chi connectivity index (χ3v) is 5.74. The summed E-state index contributed by atoms with van der Waals surface area (Å²) in [6.07, 6.45) is 1.93. The summed E-state index contributed by atoms with van der Waals surface area (Å²) in [6.45, 7) is 2.18. The summed E-state index contributed by atoms with van der Waals surface area (Å²) in [4.78, 5) is 0. The maximum absolute atomic E-state index is 10.6. The molecule has 0 bridgehead atoms. The van der Waals surface area contributed by atoms with Crippen molar-refractivity contribution in [2.75, 3.05) is 5.75 Å². The molecule has 1 aliphatic heterocycles. The molecule has 1 nitrogen and oxygen atoms in total. The zero-order valence-corrected chi connectivity index (χ0v) is 12.6. The first kappa shape index (κ1) is 13.7. The molecule has 2 aromatic carbocycles. The third kappa shape index (κ3) is 2.63. The summed E-state index contributed by atoms with van der Waals surface area (Å²) in [7, 11) is 0. The lowest BCUT2D eigenvalue weighted by atomic mass is 9.92. The highest BCUT2D eigenvalue weighted by Crippen LogP contribution is 2.46. The van der Waals surface area contributed by atoms with Crippen molar-refractivity contribution in [1.82, 2.24) is 0 Å². The summed E-state index contributed by atoms with van der Waals surface area (Å²) in [6, 6.07) is 18.7. The number of benzene rings is 2. The van der Waals surface area contributed by atoms with Crippen LogP contribution in [0.2, 0.25) is 0 Å². The van der Waals surface area contributed by atoms with E-state index in [0.29, 0.717) is 0 Å². The first-order valence-electron chi connectivity index (χ1n) is 7.16. The van der Waals surface area contributed by atoms with E-state index >= 15 is 0 Å². The number of thioether (sulfide) groups is 1. The summed E-state index contributed by atoms with van der Waals surface area (Å²) >= 11 is 1.90. The smallest absolute Gasteiger partial charge is 0.0933 e. The van der Waals surface area contributed by atoms with Gasteiger partial charge in [0.2, 0.25) is 0 Å². The van der Waals surface area contributed by atoms with Crippen molar-refractivity contribution in [3.63, 3.8) is 0 Å². The average molecular weight is 284 g/mol. The Hall–Kier alpha value is -1.25. The average Bonchev–Trinajstić information content (AvgIpc) is 2.96. The van der Waals surface area contributed by atoms with E-state index in [-0.39, 0.29) is 10.9 Å². The Balaban J connectivity index is 1.83. The van der Waals surface area contributed by atoms with Gasteiger partial charge in [-0.1, -0.05) is 54.6 Å². The van der Waals surface area contributed by atoms with Gasteiger partial charge in [-0.05, 0) is 42.2 Å². The Kier molecular flexibility index (Phi) is 3.86. The van der Waals surface area contributed by atoms with Crippen molar-refractivity contribution < 1.29 is 5.11 Å². The fourth-order valence-electron chi connectivity index (χ4n) is 2.86. The number of hydrogen-bond donors (Lipinski definition) is 1. The van der Waals surface area contributed by atoms with E-state index in [1.165, 1.54) is 17.5 Å². The molecule has 2 aromatic rings. The van der Waals surface area contributed by atoms with Gasteiger partial charge in [0, 0.05) is 4.75 Å². The van der Waals surface area contributed by atoms with Gasteiger partial charge in [0.1, 0.15) is 0 Å². The van der Waals surface area contributed by atoms with Gasteiger partial charge in [0.25, 0.3) is 0 Å². The Labute approximate surface area is 125 Å². The Morgan fingerprint density at radius 2 is 1.65 bits per heavy atom. The molecule has 0 saturated carbocycles. The highest BCUT2D eigenvalue weighted by Gasteiger charge is 2.37. The van der Waals surface area contributed by atoms with Gasteiger partial charge in [0.05, 0.1) is 6.10 Å². The first-order chi connectivity index (χ1) is 9.69. The lowest BCUT2D eigenvalue weighted by molar-refractivity contribution is 0.135. The van der Waals surface area contributed by atoms with Crippen molar-refractivity contribution in [2.24, 2.45) is 0 Å². The molecule has 1 fully saturated rings. The molecule has 2 heteroatoms. The van der Waals surface area contributed by atoms with Crippen molar-refractivity contribution in [3.05, 3.63) is 60.2 Å². The van der Waals surface area contributed by atoms with Crippen LogP contribution in [-0.4, -0.2) is 15.6 Å². The van der Waals surface area contributed by atoms with Crippen LogP contribution < -0.4 is 0 Å². The molecule has 0 amide bonds. The molecule has 104 valence electrons. The summed E-state index contributed by atoms with van der Waals surface area (Å²) in [5.41, 5.74) is 3.45. The van der Waals surface area contributed by atoms with Crippen molar-refractivity contribution in [2.45, 2.75) is 30.6 Å². The van der Waals surface area contributed by atoms with Crippen molar-refractivity contribution in [1.29, 1.82) is 0 Å². The highest BCUT2D eigenvalue weighted by molar-refractivity contribution is 8.00. The molecule has 0 aromatic heterocycles. The third-order valence-electron chi connectivity index (χ3n) is 4.16. The molecule has 0 aliphatic carbocycles. The topological polar surface area (TPSA) is 20.2 Å². The Morgan fingerprint density at radius 3 is 2.25 bits per heavy atom. The Morgan fingerprint density at radius 1 is 1.00 bits per heavy atom. The van der Waals surface area contributed by atoms with Crippen molar-refractivity contribution >= 4 is 11.8 Å². The highest BCUT2D eigenvalue weighted by atomic mass is 32.2. The molecular formula is C18H20OS. The Bertz CT molecular complexity index is 556. The molecule has 1 aliphatic rings. The number of aliphatic hydroxyl groups excluding tert-OH is 1. The predicted octanol–water partition coefficient (Wildman–Crippen LogP) is 4.67. The predicted molar refractivity (Wildman–Crippen MR) is 86.9 cm³/mol. The maximum Gasteiger partial charge on any atom is 0.0933 e. The molecule has 2 atom stereocenters. The number of aliphatic hydroxyl groups is 1. The first-order valence-corrected chi connectivity index (χ1v) is 8.15. The van der Waals surface area contributed by atoms with Gasteiger partial charge >= 0.3 is 0 Å².